The van der Waals surface area contributed by atoms with Crippen molar-refractivity contribution in [1.29, 1.82) is 0 Å². The van der Waals surface area contributed by atoms with E-state index in [0.29, 0.717) is 12.3 Å². The normalized spacial score (nSPS) is 19.3. The number of hydrogen-bond acceptors (Lipinski definition) is 8. The number of carbonyl (C=O) groups is 1. The lowest BCUT2D eigenvalue weighted by molar-refractivity contribution is -0.131. The van der Waals surface area contributed by atoms with E-state index in [4.69, 9.17) is 0 Å². The van der Waals surface area contributed by atoms with Gasteiger partial charge in [0.15, 0.2) is 0 Å². The molecule has 0 bridgehead atoms. The van der Waals surface area contributed by atoms with Crippen LogP contribution in [0, 0.1) is 5.92 Å². The Kier molecular flexibility index (Phi) is 8.27. The first-order valence-electron chi connectivity index (χ1n) is 12.3. The molecular weight excluding hydrogens is 416 g/mol. The Labute approximate surface area is 196 Å². The largest absolute Gasteiger partial charge is 0.370 e. The minimum Gasteiger partial charge on any atom is -0.370 e. The molecule has 1 unspecified atom stereocenters. The van der Waals surface area contributed by atoms with Crippen LogP contribution in [0.5, 0.6) is 0 Å². The van der Waals surface area contributed by atoms with Crippen LogP contribution in [0.1, 0.15) is 45.4 Å². The zero-order valence-corrected chi connectivity index (χ0v) is 19.7. The van der Waals surface area contributed by atoms with E-state index in [1.165, 1.54) is 6.42 Å². The molecule has 2 aliphatic rings. The summed E-state index contributed by atoms with van der Waals surface area (Å²) >= 11 is 0. The van der Waals surface area contributed by atoms with Crippen LogP contribution >= 0.6 is 0 Å². The molecule has 2 fully saturated rings. The molecule has 1 N–H and O–H groups in total. The number of amides is 1. The molecule has 9 heteroatoms. The Morgan fingerprint density at radius 2 is 1.88 bits per heavy atom. The highest BCUT2D eigenvalue weighted by atomic mass is 16.2. The van der Waals surface area contributed by atoms with Gasteiger partial charge >= 0.3 is 0 Å². The van der Waals surface area contributed by atoms with Crippen molar-refractivity contribution in [3.8, 4) is 0 Å². The topological polar surface area (TPSA) is 90.4 Å². The second-order valence-corrected chi connectivity index (χ2v) is 8.95. The summed E-state index contributed by atoms with van der Waals surface area (Å²) < 4.78 is 0. The van der Waals surface area contributed by atoms with Crippen molar-refractivity contribution in [3.63, 3.8) is 0 Å². The lowest BCUT2D eigenvalue weighted by atomic mass is 9.93. The molecule has 2 aromatic rings. The van der Waals surface area contributed by atoms with E-state index in [9.17, 15) is 4.79 Å². The molecule has 178 valence electrons. The molecule has 0 spiro atoms. The summed E-state index contributed by atoms with van der Waals surface area (Å²) in [6, 6.07) is 3.87. The SMILES string of the molecule is CCCNc1cc(N2CCCC(CCC(=O)N3CCCN(c4ncccn4)CC3)C2)ncn1. The summed E-state index contributed by atoms with van der Waals surface area (Å²) in [5.41, 5.74) is 0. The summed E-state index contributed by atoms with van der Waals surface area (Å²) in [4.78, 5) is 37.1. The first-order valence-corrected chi connectivity index (χ1v) is 12.3. The van der Waals surface area contributed by atoms with Crippen molar-refractivity contribution in [2.75, 3.05) is 60.9 Å². The molecule has 2 saturated heterocycles. The van der Waals surface area contributed by atoms with Crippen molar-refractivity contribution in [3.05, 3.63) is 30.9 Å². The number of nitrogens with zero attached hydrogens (tertiary/aromatic N) is 7. The number of piperidine rings is 1. The predicted octanol–water partition coefficient (Wildman–Crippen LogP) is 2.82. The van der Waals surface area contributed by atoms with Crippen LogP contribution in [0.3, 0.4) is 0 Å². The Balaban J connectivity index is 1.25. The second kappa shape index (κ2) is 11.8. The lowest BCUT2D eigenvalue weighted by Gasteiger charge is -2.34. The van der Waals surface area contributed by atoms with Crippen LogP contribution in [0.15, 0.2) is 30.9 Å². The van der Waals surface area contributed by atoms with E-state index in [2.05, 4.69) is 42.0 Å². The van der Waals surface area contributed by atoms with Crippen molar-refractivity contribution in [2.24, 2.45) is 5.92 Å². The fourth-order valence-electron chi connectivity index (χ4n) is 4.69. The monoisotopic (exact) mass is 452 g/mol. The van der Waals surface area contributed by atoms with E-state index in [0.717, 1.165) is 89.1 Å². The minimum atomic E-state index is 0.274. The summed E-state index contributed by atoms with van der Waals surface area (Å²) in [6.07, 6.45) is 11.1. The van der Waals surface area contributed by atoms with E-state index >= 15 is 0 Å². The summed E-state index contributed by atoms with van der Waals surface area (Å²) in [5.74, 6) is 3.42. The highest BCUT2D eigenvalue weighted by Gasteiger charge is 2.24. The molecular formula is C24H36N8O. The zero-order chi connectivity index (χ0) is 22.9. The van der Waals surface area contributed by atoms with Crippen LogP contribution in [-0.4, -0.2) is 76.6 Å². The standard InChI is InChI=1S/C24H36N8O/c1-2-9-25-21-17-22(29-19-28-21)32-12-3-6-20(18-32)7-8-23(33)30-13-5-14-31(16-15-30)24-26-10-4-11-27-24/h4,10-11,17,19-20H,2-3,5-9,12-16,18H2,1H3,(H,25,28,29). The Bertz CT molecular complexity index is 880. The van der Waals surface area contributed by atoms with Crippen LogP contribution in [0.4, 0.5) is 17.6 Å². The van der Waals surface area contributed by atoms with Gasteiger partial charge in [0.05, 0.1) is 0 Å². The zero-order valence-electron chi connectivity index (χ0n) is 19.7. The summed E-state index contributed by atoms with van der Waals surface area (Å²) in [6.45, 7) is 8.25. The molecule has 9 nitrogen and oxygen atoms in total. The van der Waals surface area contributed by atoms with Crippen molar-refractivity contribution in [2.45, 2.75) is 45.4 Å². The number of hydrogen-bond donors (Lipinski definition) is 1. The van der Waals surface area contributed by atoms with Gasteiger partial charge in [0.1, 0.15) is 18.0 Å². The molecule has 0 saturated carbocycles. The van der Waals surface area contributed by atoms with Crippen LogP contribution in [-0.2, 0) is 4.79 Å². The maximum Gasteiger partial charge on any atom is 0.225 e. The fraction of sp³-hybridized carbons (Fsp3) is 0.625. The molecule has 1 atom stereocenters. The average molecular weight is 453 g/mol. The Morgan fingerprint density at radius 3 is 2.73 bits per heavy atom. The Hall–Kier alpha value is -2.97. The minimum absolute atomic E-state index is 0.274. The Morgan fingerprint density at radius 1 is 1.03 bits per heavy atom. The second-order valence-electron chi connectivity index (χ2n) is 8.95. The number of nitrogens with one attached hydrogen (secondary N) is 1. The van der Waals surface area contributed by atoms with E-state index in [-0.39, 0.29) is 5.91 Å². The van der Waals surface area contributed by atoms with Gasteiger partial charge in [0, 0.05) is 70.7 Å². The first-order chi connectivity index (χ1) is 16.2. The third-order valence-electron chi connectivity index (χ3n) is 6.50. The number of aromatic nitrogens is 4. The molecule has 4 rings (SSSR count). The van der Waals surface area contributed by atoms with Crippen LogP contribution in [0.2, 0.25) is 0 Å². The maximum atomic E-state index is 13.0. The van der Waals surface area contributed by atoms with Gasteiger partial charge in [-0.2, -0.15) is 0 Å². The van der Waals surface area contributed by atoms with Gasteiger partial charge in [-0.1, -0.05) is 6.92 Å². The van der Waals surface area contributed by atoms with Crippen molar-refractivity contribution >= 4 is 23.5 Å². The molecule has 0 radical (unpaired) electrons. The van der Waals surface area contributed by atoms with E-state index < -0.39 is 0 Å². The van der Waals surface area contributed by atoms with Gasteiger partial charge in [-0.05, 0) is 44.1 Å². The molecule has 0 aromatic carbocycles. The van der Waals surface area contributed by atoms with Crippen LogP contribution in [0.25, 0.3) is 0 Å². The smallest absolute Gasteiger partial charge is 0.225 e. The number of anilines is 3. The van der Waals surface area contributed by atoms with E-state index in [1.807, 2.05) is 17.0 Å². The summed E-state index contributed by atoms with van der Waals surface area (Å²) in [7, 11) is 0. The molecule has 0 aliphatic carbocycles. The maximum absolute atomic E-state index is 13.0. The van der Waals surface area contributed by atoms with Crippen LogP contribution < -0.4 is 15.1 Å². The van der Waals surface area contributed by atoms with Gasteiger partial charge in [0.2, 0.25) is 11.9 Å². The fourth-order valence-corrected chi connectivity index (χ4v) is 4.69. The van der Waals surface area contributed by atoms with Crippen molar-refractivity contribution in [1.82, 2.24) is 24.8 Å². The van der Waals surface area contributed by atoms with Crippen molar-refractivity contribution < 1.29 is 4.79 Å². The predicted molar refractivity (Wildman–Crippen MR) is 130 cm³/mol. The highest BCUT2D eigenvalue weighted by Crippen LogP contribution is 2.26. The number of carbonyl (C=O) groups excluding carboxylic acids is 1. The van der Waals surface area contributed by atoms with E-state index in [1.54, 1.807) is 18.7 Å². The van der Waals surface area contributed by atoms with Gasteiger partial charge in [-0.3, -0.25) is 4.79 Å². The van der Waals surface area contributed by atoms with Gasteiger partial charge in [-0.15, -0.1) is 0 Å². The molecule has 4 heterocycles. The lowest BCUT2D eigenvalue weighted by Crippen LogP contribution is -2.38. The highest BCUT2D eigenvalue weighted by molar-refractivity contribution is 5.76. The number of rotatable bonds is 8. The van der Waals surface area contributed by atoms with Gasteiger partial charge in [0.25, 0.3) is 0 Å². The first kappa shape index (κ1) is 23.2. The molecule has 2 aromatic heterocycles. The third kappa shape index (κ3) is 6.52. The third-order valence-corrected chi connectivity index (χ3v) is 6.50. The molecule has 2 aliphatic heterocycles. The average Bonchev–Trinajstić information content (AvgIpc) is 3.13. The van der Waals surface area contributed by atoms with Gasteiger partial charge in [-0.25, -0.2) is 19.9 Å². The van der Waals surface area contributed by atoms with Gasteiger partial charge < -0.3 is 20.0 Å². The quantitative estimate of drug-likeness (QED) is 0.654. The summed E-state index contributed by atoms with van der Waals surface area (Å²) in [5, 5.41) is 3.34. The molecule has 33 heavy (non-hydrogen) atoms. The molecule has 1 amide bonds.